The fourth-order valence-corrected chi connectivity index (χ4v) is 4.16. The van der Waals surface area contributed by atoms with Crippen molar-refractivity contribution in [3.05, 3.63) is 11.3 Å². The molecule has 0 bridgehead atoms. The molecule has 0 aromatic carbocycles. The van der Waals surface area contributed by atoms with Crippen molar-refractivity contribution in [3.63, 3.8) is 0 Å². The van der Waals surface area contributed by atoms with Gasteiger partial charge in [0, 0.05) is 24.7 Å². The molecule has 1 fully saturated rings. The number of hydrogen-bond acceptors (Lipinski definition) is 8. The summed E-state index contributed by atoms with van der Waals surface area (Å²) in [5.74, 6) is -3.79. The molecule has 11 nitrogen and oxygen atoms in total. The zero-order valence-electron chi connectivity index (χ0n) is 15.0. The van der Waals surface area contributed by atoms with E-state index >= 15 is 0 Å². The number of amides is 2. The van der Waals surface area contributed by atoms with Gasteiger partial charge in [0.05, 0.1) is 0 Å². The number of aliphatic carboxylic acids is 2. The van der Waals surface area contributed by atoms with Gasteiger partial charge in [-0.2, -0.15) is 0 Å². The number of carboxylic acids is 2. The summed E-state index contributed by atoms with van der Waals surface area (Å²) in [5.41, 5.74) is 5.44. The quantitative estimate of drug-likeness (QED) is 0.266. The number of carbonyl (C=O) groups is 5. The van der Waals surface area contributed by atoms with Crippen molar-refractivity contribution in [2.75, 3.05) is 12.4 Å². The number of fused-ring (bicyclic) bond motifs is 1. The van der Waals surface area contributed by atoms with Crippen LogP contribution in [0, 0.1) is 0 Å². The number of nitrogens with one attached hydrogen (secondary N) is 1. The maximum absolute atomic E-state index is 12.4. The summed E-state index contributed by atoms with van der Waals surface area (Å²) >= 11 is 1.26. The smallest absolute Gasteiger partial charge is 0.352 e. The van der Waals surface area contributed by atoms with Crippen LogP contribution in [0.25, 0.3) is 0 Å². The van der Waals surface area contributed by atoms with E-state index in [0.717, 1.165) is 4.90 Å². The Morgan fingerprint density at radius 3 is 2.61 bits per heavy atom. The van der Waals surface area contributed by atoms with Crippen LogP contribution >= 0.6 is 11.8 Å². The fourth-order valence-electron chi connectivity index (χ4n) is 2.83. The molecule has 2 amide bonds. The number of ether oxygens (including phenoxy) is 1. The lowest BCUT2D eigenvalue weighted by molar-refractivity contribution is -0.151. The van der Waals surface area contributed by atoms with Crippen LogP contribution in [0.5, 0.6) is 0 Å². The molecule has 0 spiro atoms. The fraction of sp³-hybridized carbons (Fsp3) is 0.562. The van der Waals surface area contributed by atoms with Gasteiger partial charge in [-0.25, -0.2) is 4.79 Å². The predicted octanol–water partition coefficient (Wildman–Crippen LogP) is -1.13. The van der Waals surface area contributed by atoms with E-state index in [0.29, 0.717) is 5.57 Å². The summed E-state index contributed by atoms with van der Waals surface area (Å²) < 4.78 is 4.84. The van der Waals surface area contributed by atoms with E-state index in [1.54, 1.807) is 0 Å². The number of carboxylic acid groups (broad SMARTS) is 2. The molecule has 0 aromatic heterocycles. The molecule has 5 N–H and O–H groups in total. The Morgan fingerprint density at radius 1 is 1.36 bits per heavy atom. The first kappa shape index (κ1) is 21.7. The van der Waals surface area contributed by atoms with Crippen molar-refractivity contribution in [2.45, 2.75) is 43.6 Å². The highest BCUT2D eigenvalue weighted by Gasteiger charge is 2.54. The first-order chi connectivity index (χ1) is 13.1. The van der Waals surface area contributed by atoms with Crippen LogP contribution in [0.3, 0.4) is 0 Å². The van der Waals surface area contributed by atoms with Gasteiger partial charge in [-0.1, -0.05) is 0 Å². The Kier molecular flexibility index (Phi) is 7.02. The molecule has 0 unspecified atom stereocenters. The van der Waals surface area contributed by atoms with Crippen LogP contribution in [0.15, 0.2) is 11.3 Å². The number of nitrogens with zero attached hydrogens (tertiary/aromatic N) is 1. The van der Waals surface area contributed by atoms with Gasteiger partial charge in [0.2, 0.25) is 5.91 Å². The number of rotatable bonds is 9. The Morgan fingerprint density at radius 2 is 2.04 bits per heavy atom. The lowest BCUT2D eigenvalue weighted by atomic mass is 10.0. The summed E-state index contributed by atoms with van der Waals surface area (Å²) in [4.78, 5) is 58.7. The molecule has 1 saturated heterocycles. The van der Waals surface area contributed by atoms with Crippen molar-refractivity contribution in [3.8, 4) is 0 Å². The Labute approximate surface area is 164 Å². The molecule has 2 aliphatic rings. The van der Waals surface area contributed by atoms with Gasteiger partial charge in [0.15, 0.2) is 0 Å². The molecule has 12 heteroatoms. The molecule has 0 aliphatic carbocycles. The number of β-lactam (4-membered cyclic amide) rings is 1. The first-order valence-corrected chi connectivity index (χ1v) is 9.49. The second-order valence-corrected chi connectivity index (χ2v) is 7.43. The second-order valence-electron chi connectivity index (χ2n) is 6.33. The monoisotopic (exact) mass is 415 g/mol. The highest BCUT2D eigenvalue weighted by molar-refractivity contribution is 8.00. The summed E-state index contributed by atoms with van der Waals surface area (Å²) in [6.07, 6.45) is 0.368. The summed E-state index contributed by atoms with van der Waals surface area (Å²) in [5, 5.41) is 20.1. The van der Waals surface area contributed by atoms with Gasteiger partial charge < -0.3 is 26.0 Å². The van der Waals surface area contributed by atoms with E-state index in [9.17, 15) is 29.1 Å². The minimum atomic E-state index is -1.31. The normalized spacial score (nSPS) is 22.1. The van der Waals surface area contributed by atoms with Gasteiger partial charge in [-0.3, -0.25) is 24.1 Å². The minimum absolute atomic E-state index is 0.00146. The highest BCUT2D eigenvalue weighted by Crippen LogP contribution is 2.40. The molecule has 0 radical (unpaired) electrons. The zero-order chi connectivity index (χ0) is 21.0. The van der Waals surface area contributed by atoms with E-state index in [1.807, 2.05) is 0 Å². The average molecular weight is 415 g/mol. The molecule has 28 heavy (non-hydrogen) atoms. The molecule has 0 aromatic rings. The van der Waals surface area contributed by atoms with Crippen LogP contribution in [-0.2, 0) is 28.7 Å². The molecule has 0 saturated carbocycles. The highest BCUT2D eigenvalue weighted by atomic mass is 32.2. The lowest BCUT2D eigenvalue weighted by Gasteiger charge is -2.49. The Bertz CT molecular complexity index is 737. The minimum Gasteiger partial charge on any atom is -0.480 e. The average Bonchev–Trinajstić information content (AvgIpc) is 2.62. The summed E-state index contributed by atoms with van der Waals surface area (Å²) in [6.45, 7) is 0.977. The van der Waals surface area contributed by atoms with Gasteiger partial charge in [-0.15, -0.1) is 11.8 Å². The third-order valence-corrected chi connectivity index (χ3v) is 5.59. The lowest BCUT2D eigenvalue weighted by Crippen LogP contribution is -2.70. The number of esters is 1. The molecule has 2 heterocycles. The molecule has 2 rings (SSSR count). The third kappa shape index (κ3) is 4.81. The van der Waals surface area contributed by atoms with Gasteiger partial charge in [0.1, 0.15) is 29.8 Å². The van der Waals surface area contributed by atoms with Crippen molar-refractivity contribution in [1.29, 1.82) is 0 Å². The molecule has 3 atom stereocenters. The van der Waals surface area contributed by atoms with Crippen molar-refractivity contribution < 1.29 is 38.9 Å². The van der Waals surface area contributed by atoms with Crippen LogP contribution in [-0.4, -0.2) is 74.7 Å². The first-order valence-electron chi connectivity index (χ1n) is 8.44. The molecular formula is C16H21N3O8S. The topological polar surface area (TPSA) is 176 Å². The number of nitrogens with two attached hydrogens (primary N) is 1. The second kappa shape index (κ2) is 9.06. The maximum atomic E-state index is 12.4. The maximum Gasteiger partial charge on any atom is 0.352 e. The standard InChI is InChI=1S/C16H21N3O8S/c1-7(20)27-5-8-6-28-14-11(13(22)19(14)12(8)16(25)26)18-10(21)4-2-3-9(17)15(23)24/h9,11,14H,2-6,17H2,1H3,(H,18,21)(H,23,24)(H,25,26)/t9-,11+,14+/m0/s1. The third-order valence-electron chi connectivity index (χ3n) is 4.25. The summed E-state index contributed by atoms with van der Waals surface area (Å²) in [7, 11) is 0. The van der Waals surface area contributed by atoms with Crippen LogP contribution < -0.4 is 11.1 Å². The van der Waals surface area contributed by atoms with E-state index < -0.39 is 47.2 Å². The Hall–Kier alpha value is -2.60. The number of thioether (sulfide) groups is 1. The van der Waals surface area contributed by atoms with Crippen molar-refractivity contribution >= 4 is 41.5 Å². The number of carbonyl (C=O) groups excluding carboxylic acids is 3. The van der Waals surface area contributed by atoms with E-state index in [4.69, 9.17) is 15.6 Å². The molecule has 154 valence electrons. The number of hydrogen-bond donors (Lipinski definition) is 4. The largest absolute Gasteiger partial charge is 0.480 e. The zero-order valence-corrected chi connectivity index (χ0v) is 15.9. The summed E-state index contributed by atoms with van der Waals surface area (Å²) in [6, 6.07) is -1.92. The molecule has 2 aliphatic heterocycles. The SMILES string of the molecule is CC(=O)OCC1=C(C(=O)O)N2C(=O)[C@@H](NC(=O)CCC[C@H](N)C(=O)O)[C@H]2SC1. The Balaban J connectivity index is 1.96. The van der Waals surface area contributed by atoms with Crippen molar-refractivity contribution in [2.24, 2.45) is 5.73 Å². The van der Waals surface area contributed by atoms with Crippen molar-refractivity contribution in [1.82, 2.24) is 10.2 Å². The predicted molar refractivity (Wildman–Crippen MR) is 95.8 cm³/mol. The van der Waals surface area contributed by atoms with E-state index in [-0.39, 0.29) is 37.3 Å². The van der Waals surface area contributed by atoms with E-state index in [2.05, 4.69) is 5.32 Å². The van der Waals surface area contributed by atoms with E-state index in [1.165, 1.54) is 18.7 Å². The van der Waals surface area contributed by atoms with Crippen LogP contribution in [0.4, 0.5) is 0 Å². The van der Waals surface area contributed by atoms with Gasteiger partial charge >= 0.3 is 17.9 Å². The van der Waals surface area contributed by atoms with Crippen LogP contribution in [0.2, 0.25) is 0 Å². The van der Waals surface area contributed by atoms with Gasteiger partial charge in [0.25, 0.3) is 5.91 Å². The van der Waals surface area contributed by atoms with Crippen LogP contribution in [0.1, 0.15) is 26.2 Å². The van der Waals surface area contributed by atoms with Gasteiger partial charge in [-0.05, 0) is 12.8 Å². The molecular weight excluding hydrogens is 394 g/mol.